The van der Waals surface area contributed by atoms with Crippen molar-refractivity contribution in [2.45, 2.75) is 104 Å². The van der Waals surface area contributed by atoms with E-state index in [1.807, 2.05) is 0 Å². The van der Waals surface area contributed by atoms with Crippen LogP contribution < -0.4 is 19.8 Å². The van der Waals surface area contributed by atoms with Gasteiger partial charge in [-0.3, -0.25) is 5.09 Å². The van der Waals surface area contributed by atoms with Crippen LogP contribution in [-0.4, -0.2) is 229 Å². The molecule has 4 aliphatic heterocycles. The van der Waals surface area contributed by atoms with Crippen LogP contribution in [0.5, 0.6) is 0 Å². The molecule has 18 atom stereocenters. The topological polar surface area (TPSA) is 301 Å². The van der Waals surface area contributed by atoms with Crippen molar-refractivity contribution >= 4 is 68.9 Å². The average Bonchev–Trinajstić information content (AvgIpc) is 3.80. The molecule has 31 heteroatoms. The maximum absolute atomic E-state index is 11.6. The van der Waals surface area contributed by atoms with E-state index in [2.05, 4.69) is 5.09 Å². The van der Waals surface area contributed by atoms with Crippen molar-refractivity contribution in [3.05, 3.63) is 0 Å². The van der Waals surface area contributed by atoms with Crippen LogP contribution in [-0.2, 0) is 74.5 Å². The van der Waals surface area contributed by atoms with Gasteiger partial charge in [0.1, 0.15) is 89.3 Å². The Morgan fingerprint density at radius 3 is 1.60 bits per heavy atom. The molecule has 0 amide bonds. The van der Waals surface area contributed by atoms with Crippen molar-refractivity contribution in [3.63, 3.8) is 0 Å². The number of rotatable bonds is 20. The van der Waals surface area contributed by atoms with Crippen LogP contribution in [0.2, 0.25) is 0 Å². The fourth-order valence-corrected chi connectivity index (χ4v) is 9.07. The van der Waals surface area contributed by atoms with Gasteiger partial charge in [-0.1, -0.05) is 0 Å². The average molecular weight is 963 g/mol. The molecule has 4 fully saturated rings. The van der Waals surface area contributed by atoms with Crippen LogP contribution in [0.3, 0.4) is 0 Å². The fourth-order valence-electron chi connectivity index (χ4n) is 6.19. The minimum absolute atomic E-state index is 0.0241. The highest BCUT2D eigenvalue weighted by atomic mass is 31.2. The highest BCUT2D eigenvalue weighted by Gasteiger charge is 2.45. The molecule has 356 valence electrons. The first kappa shape index (κ1) is 60.5. The largest absolute Gasteiger partial charge is 0.788 e. The molecule has 0 saturated carbocycles. The van der Waals surface area contributed by atoms with Crippen molar-refractivity contribution in [1.29, 1.82) is 0 Å². The molecule has 4 rings (SSSR count). The van der Waals surface area contributed by atoms with Crippen LogP contribution in [0.1, 0.15) is 19.3 Å². The Kier molecular flexibility index (Phi) is 28.1. The van der Waals surface area contributed by atoms with E-state index < -0.39 is 84.6 Å². The number of aliphatic hydroxyl groups excluding tert-OH is 2. The lowest BCUT2D eigenvalue weighted by Gasteiger charge is -2.29. The van der Waals surface area contributed by atoms with Gasteiger partial charge >= 0.3 is 0 Å². The molecule has 3 N–H and O–H groups in total. The number of hydrogen-bond donors (Lipinski definition) is 3. The van der Waals surface area contributed by atoms with Gasteiger partial charge in [-0.25, -0.2) is 0 Å². The summed E-state index contributed by atoms with van der Waals surface area (Å²) in [4.78, 5) is 33.3. The second kappa shape index (κ2) is 28.8. The van der Waals surface area contributed by atoms with Crippen LogP contribution in [0, 0.1) is 0 Å². The first-order chi connectivity index (χ1) is 28.6. The number of aliphatic hydroxyl groups is 2. The lowest BCUT2D eigenvalue weighted by atomic mass is 9.93. The van der Waals surface area contributed by atoms with E-state index in [9.17, 15) is 38.0 Å². The number of methoxy groups -OCH3 is 4. The van der Waals surface area contributed by atoms with Gasteiger partial charge in [0.2, 0.25) is 0 Å². The first-order valence-electron chi connectivity index (χ1n) is 18.9. The molecule has 22 nitrogen and oxygen atoms in total. The Morgan fingerprint density at radius 2 is 1.11 bits per heavy atom. The smallest absolute Gasteiger partial charge is 0.132 e. The molecule has 0 aromatic rings. The zero-order valence-electron chi connectivity index (χ0n) is 35.7. The van der Waals surface area contributed by atoms with Gasteiger partial charge in [-0.2, -0.15) is 0 Å². The van der Waals surface area contributed by atoms with E-state index in [1.165, 1.54) is 21.3 Å². The predicted molar refractivity (Wildman–Crippen MR) is 227 cm³/mol. The summed E-state index contributed by atoms with van der Waals surface area (Å²) in [7, 11) is 14.5. The first-order valence-corrected chi connectivity index (χ1v) is 26.5. The number of hydrogen-bond acceptors (Lipinski definition) is 21. The molecule has 0 aliphatic carbocycles. The number of ether oxygens (including phenoxy) is 9. The monoisotopic (exact) mass is 963 g/mol. The van der Waals surface area contributed by atoms with Crippen molar-refractivity contribution in [2.24, 2.45) is 0 Å². The van der Waals surface area contributed by atoms with Crippen molar-refractivity contribution in [1.82, 2.24) is 5.09 Å². The van der Waals surface area contributed by atoms with E-state index in [0.717, 1.165) is 20.0 Å². The second-order valence-electron chi connectivity index (χ2n) is 14.2. The Labute approximate surface area is 371 Å². The molecule has 8 radical (unpaired) electrons. The van der Waals surface area contributed by atoms with E-state index >= 15 is 0 Å². The Morgan fingerprint density at radius 1 is 0.661 bits per heavy atom. The minimum Gasteiger partial charge on any atom is -0.788 e. The number of nitrogens with one attached hydrogen (secondary N) is 1. The molecular formula is C31H62B5NO21P4-4. The maximum atomic E-state index is 11.6. The van der Waals surface area contributed by atoms with Crippen LogP contribution in [0.4, 0.5) is 0 Å². The summed E-state index contributed by atoms with van der Waals surface area (Å²) in [5, 5.41) is 20.7. The minimum atomic E-state index is -3.95. The van der Waals surface area contributed by atoms with E-state index in [-0.39, 0.29) is 64.4 Å². The highest BCUT2D eigenvalue weighted by molar-refractivity contribution is 7.82. The summed E-state index contributed by atoms with van der Waals surface area (Å²) in [5.41, 5.74) is 0. The van der Waals surface area contributed by atoms with Crippen molar-refractivity contribution in [3.8, 4) is 0 Å². The van der Waals surface area contributed by atoms with Crippen LogP contribution in [0.25, 0.3) is 0 Å². The summed E-state index contributed by atoms with van der Waals surface area (Å²) in [6.07, 6.45) is -4.13. The van der Waals surface area contributed by atoms with E-state index in [0.29, 0.717) is 32.5 Å². The van der Waals surface area contributed by atoms with E-state index in [1.54, 1.807) is 13.8 Å². The highest BCUT2D eigenvalue weighted by Crippen LogP contribution is 2.42. The predicted octanol–water partition coefficient (Wildman–Crippen LogP) is -4.13. The zero-order chi connectivity index (χ0) is 47.6. The molecule has 0 spiro atoms. The second-order valence-corrected chi connectivity index (χ2v) is 20.8. The third kappa shape index (κ3) is 24.5. The lowest BCUT2D eigenvalue weighted by Crippen LogP contribution is -2.39. The quantitative estimate of drug-likeness (QED) is 0.0593. The van der Waals surface area contributed by atoms with Gasteiger partial charge in [-0.15, -0.1) is 0 Å². The van der Waals surface area contributed by atoms with E-state index in [4.69, 9.17) is 92.7 Å². The zero-order valence-corrected chi connectivity index (χ0v) is 39.3. The summed E-state index contributed by atoms with van der Waals surface area (Å²) < 4.78 is 106. The summed E-state index contributed by atoms with van der Waals surface area (Å²) in [6, 6.07) is -2.76. The lowest BCUT2D eigenvalue weighted by molar-refractivity contribution is -0.206. The normalized spacial score (nSPS) is 36.9. The summed E-state index contributed by atoms with van der Waals surface area (Å²) >= 11 is 0. The molecule has 0 aromatic heterocycles. The van der Waals surface area contributed by atoms with Gasteiger partial charge in [0.15, 0.2) is 0 Å². The molecule has 6 unspecified atom stereocenters. The molecule has 62 heavy (non-hydrogen) atoms. The molecule has 4 heterocycles. The summed E-state index contributed by atoms with van der Waals surface area (Å²) in [5.74, 6) is 0. The fraction of sp³-hybridized carbons (Fsp3) is 1.00. The summed E-state index contributed by atoms with van der Waals surface area (Å²) in [6.45, 7) is 5.99. The molecule has 4 saturated heterocycles. The van der Waals surface area contributed by atoms with Gasteiger partial charge in [0.05, 0.1) is 53.7 Å². The van der Waals surface area contributed by atoms with Crippen LogP contribution >= 0.6 is 30.0 Å². The molecular weight excluding hydrogens is 900 g/mol. The SMILES string of the molecule is [B][C@@H]1O[C@H](COC)[C@H](OP(C)(=O)[O-])C1O.[B][C@@H]1O[C@H](COC)[C@H](OP(C)(=O)[O-])C1OCCCO.[B][C@H]1C[C@@H](NP(C)(=O)[O-])[C@@H](COC)O1.[B][C@H]1C[C@@H](OP([BH3-])(C)=O)[C@@H](COC)O1. The van der Waals surface area contributed by atoms with Gasteiger partial charge < -0.3 is 99.4 Å². The Hall–Kier alpha value is 0.525. The molecule has 0 bridgehead atoms. The van der Waals surface area contributed by atoms with Crippen molar-refractivity contribution < 1.29 is 99.4 Å². The maximum Gasteiger partial charge on any atom is 0.132 e. The Balaban J connectivity index is 0.000000417. The van der Waals surface area contributed by atoms with Crippen molar-refractivity contribution in [2.75, 3.05) is 94.7 Å². The standard InChI is InChI=1S/C10H20BO7P.C7H16B2O4P.C7H15BNO4P.C7H14BO6P/c1-15-6-7-8(18-19(2,13)14)9(10(11)17-7)16-5-3-4-12;1-11-4-6-5(3-7(8)12-6)13-14(2,9)10;1-12-4-6-5(3-7(8)13-6)9-14(2,10)11;1-12-3-4-6(14-15(2,10)11)5(9)7(8)13-4/h7-10,12H,3-6H2,1-2H3,(H,13,14);5-7H,3-4H2,1-2,9H3;5-7H,3-4H2,1-2H3,(H2,9,10,11);4-7,9H,3H2,1-2H3,(H,10,11)/q;-1;;/p-3/t7-,8+,9?,10-;5-,6-,7-,14?;5-,6-,7-;4-,5?,6+,7-/m1111/s1. The Bertz CT molecular complexity index is 1400. The van der Waals surface area contributed by atoms with Gasteiger partial charge in [-0.05, 0) is 32.6 Å². The molecule has 4 aliphatic rings. The third-order valence-electron chi connectivity index (χ3n) is 8.48. The van der Waals surface area contributed by atoms with Crippen LogP contribution in [0.15, 0.2) is 0 Å². The molecule has 0 aromatic carbocycles. The third-order valence-corrected chi connectivity index (χ3v) is 11.1. The van der Waals surface area contributed by atoms with Gasteiger partial charge in [0, 0.05) is 92.3 Å². The van der Waals surface area contributed by atoms with Gasteiger partial charge in [0.25, 0.3) is 0 Å².